The predicted octanol–water partition coefficient (Wildman–Crippen LogP) is 3.21. The lowest BCUT2D eigenvalue weighted by Crippen LogP contribution is -1.89. The van der Waals surface area contributed by atoms with Crippen molar-refractivity contribution in [1.29, 1.82) is 0 Å². The quantitative estimate of drug-likeness (QED) is 0.720. The van der Waals surface area contributed by atoms with Crippen LogP contribution in [0.2, 0.25) is 5.02 Å². The first-order valence-corrected chi connectivity index (χ1v) is 4.38. The molecule has 0 saturated carbocycles. The summed E-state index contributed by atoms with van der Waals surface area (Å²) in [4.78, 5) is 0. The molecule has 0 aliphatic carbocycles. The number of rotatable bonds is 2. The van der Waals surface area contributed by atoms with Crippen LogP contribution in [0.4, 0.5) is 4.39 Å². The van der Waals surface area contributed by atoms with Gasteiger partial charge in [-0.1, -0.05) is 11.6 Å². The molecular formula is C7H5BrClFO. The molecule has 0 amide bonds. The van der Waals surface area contributed by atoms with E-state index in [0.29, 0.717) is 11.3 Å². The van der Waals surface area contributed by atoms with Crippen molar-refractivity contribution in [2.24, 2.45) is 0 Å². The number of halogens is 3. The molecule has 60 valence electrons. The summed E-state index contributed by atoms with van der Waals surface area (Å²) in [6, 6.07) is 3.99. The molecule has 0 unspecified atom stereocenters. The highest BCUT2D eigenvalue weighted by Gasteiger charge is 2.00. The van der Waals surface area contributed by atoms with Crippen LogP contribution >= 0.6 is 27.5 Å². The molecule has 0 atom stereocenters. The zero-order valence-electron chi connectivity index (χ0n) is 5.48. The minimum absolute atomic E-state index is 0.282. The van der Waals surface area contributed by atoms with Gasteiger partial charge in [-0.15, -0.1) is 0 Å². The Morgan fingerprint density at radius 1 is 1.55 bits per heavy atom. The van der Waals surface area contributed by atoms with Crippen molar-refractivity contribution in [3.63, 3.8) is 0 Å². The van der Waals surface area contributed by atoms with Crippen LogP contribution in [0.25, 0.3) is 0 Å². The highest BCUT2D eigenvalue weighted by Crippen LogP contribution is 2.24. The third-order valence-corrected chi connectivity index (χ3v) is 1.63. The van der Waals surface area contributed by atoms with Crippen molar-refractivity contribution < 1.29 is 9.13 Å². The normalized spacial score (nSPS) is 9.73. The first-order chi connectivity index (χ1) is 5.24. The molecule has 0 N–H and O–H groups in total. The van der Waals surface area contributed by atoms with Crippen molar-refractivity contribution in [1.82, 2.24) is 0 Å². The van der Waals surface area contributed by atoms with Gasteiger partial charge in [-0.2, -0.15) is 0 Å². The predicted molar refractivity (Wildman–Crippen MR) is 45.8 cm³/mol. The minimum atomic E-state index is -0.364. The highest BCUT2D eigenvalue weighted by atomic mass is 79.9. The first kappa shape index (κ1) is 8.81. The molecule has 0 aromatic heterocycles. The molecule has 0 aliphatic rings. The van der Waals surface area contributed by atoms with E-state index < -0.39 is 0 Å². The molecular weight excluding hydrogens is 234 g/mol. The molecule has 0 heterocycles. The largest absolute Gasteiger partial charge is 0.481 e. The van der Waals surface area contributed by atoms with E-state index in [1.54, 1.807) is 0 Å². The first-order valence-electron chi connectivity index (χ1n) is 2.88. The Labute approximate surface area is 77.2 Å². The fourth-order valence-electron chi connectivity index (χ4n) is 0.651. The van der Waals surface area contributed by atoms with Crippen molar-refractivity contribution in [3.8, 4) is 5.75 Å². The van der Waals surface area contributed by atoms with Gasteiger partial charge in [0.1, 0.15) is 17.1 Å². The summed E-state index contributed by atoms with van der Waals surface area (Å²) >= 11 is 8.69. The lowest BCUT2D eigenvalue weighted by Gasteiger charge is -2.02. The van der Waals surface area contributed by atoms with Gasteiger partial charge in [0, 0.05) is 0 Å². The van der Waals surface area contributed by atoms with Crippen molar-refractivity contribution in [3.05, 3.63) is 29.0 Å². The van der Waals surface area contributed by atoms with E-state index in [4.69, 9.17) is 16.3 Å². The smallest absolute Gasteiger partial charge is 0.143 e. The summed E-state index contributed by atoms with van der Waals surface area (Å²) in [5.41, 5.74) is 0.346. The Kier molecular flexibility index (Phi) is 3.15. The molecule has 1 nitrogen and oxygen atoms in total. The van der Waals surface area contributed by atoms with E-state index in [9.17, 15) is 4.39 Å². The van der Waals surface area contributed by atoms with Crippen LogP contribution in [-0.4, -0.2) is 5.52 Å². The second kappa shape index (κ2) is 3.93. The van der Waals surface area contributed by atoms with Gasteiger partial charge in [0.25, 0.3) is 0 Å². The number of hydrogen-bond donors (Lipinski definition) is 0. The average Bonchev–Trinajstić information content (AvgIpc) is 1.95. The Hall–Kier alpha value is -0.280. The molecule has 0 bridgehead atoms. The number of ether oxygens (including phenoxy) is 1. The van der Waals surface area contributed by atoms with Gasteiger partial charge in [-0.25, -0.2) is 4.39 Å². The van der Waals surface area contributed by atoms with E-state index in [2.05, 4.69) is 15.9 Å². The van der Waals surface area contributed by atoms with Crippen LogP contribution in [0.5, 0.6) is 5.75 Å². The van der Waals surface area contributed by atoms with Crippen LogP contribution < -0.4 is 4.74 Å². The fraction of sp³-hybridized carbons (Fsp3) is 0.143. The molecule has 1 aromatic rings. The summed E-state index contributed by atoms with van der Waals surface area (Å²) in [7, 11) is 0. The molecule has 0 fully saturated rings. The molecule has 0 aliphatic heterocycles. The Morgan fingerprint density at radius 3 is 2.82 bits per heavy atom. The SMILES string of the molecule is Fc1ccc(OCBr)c(Cl)c1. The second-order valence-electron chi connectivity index (χ2n) is 1.83. The van der Waals surface area contributed by atoms with Crippen LogP contribution in [0.1, 0.15) is 0 Å². The maximum Gasteiger partial charge on any atom is 0.143 e. The second-order valence-corrected chi connectivity index (χ2v) is 2.69. The van der Waals surface area contributed by atoms with Crippen molar-refractivity contribution >= 4 is 27.5 Å². The summed E-state index contributed by atoms with van der Waals surface area (Å²) in [5.74, 6) is 0.113. The topological polar surface area (TPSA) is 9.23 Å². The van der Waals surface area contributed by atoms with Gasteiger partial charge < -0.3 is 4.74 Å². The van der Waals surface area contributed by atoms with E-state index in [-0.39, 0.29) is 10.8 Å². The maximum absolute atomic E-state index is 12.4. The van der Waals surface area contributed by atoms with Gasteiger partial charge >= 0.3 is 0 Å². The number of hydrogen-bond acceptors (Lipinski definition) is 1. The van der Waals surface area contributed by atoms with Gasteiger partial charge in [0.15, 0.2) is 0 Å². The lowest BCUT2D eigenvalue weighted by molar-refractivity contribution is 0.397. The molecule has 11 heavy (non-hydrogen) atoms. The monoisotopic (exact) mass is 238 g/mol. The van der Waals surface area contributed by atoms with Crippen molar-refractivity contribution in [2.45, 2.75) is 0 Å². The number of alkyl halides is 1. The van der Waals surface area contributed by atoms with E-state index in [1.165, 1.54) is 18.2 Å². The Morgan fingerprint density at radius 2 is 2.27 bits per heavy atom. The van der Waals surface area contributed by atoms with E-state index in [1.807, 2.05) is 0 Å². The summed E-state index contributed by atoms with van der Waals surface area (Å²) < 4.78 is 17.4. The molecule has 0 spiro atoms. The molecule has 0 saturated heterocycles. The van der Waals surface area contributed by atoms with Crippen molar-refractivity contribution in [2.75, 3.05) is 5.52 Å². The zero-order chi connectivity index (χ0) is 8.27. The molecule has 4 heteroatoms. The number of benzene rings is 1. The van der Waals surface area contributed by atoms with Crippen LogP contribution in [0.3, 0.4) is 0 Å². The lowest BCUT2D eigenvalue weighted by atomic mass is 10.3. The zero-order valence-corrected chi connectivity index (χ0v) is 7.82. The molecule has 1 rings (SSSR count). The third-order valence-electron chi connectivity index (χ3n) is 1.10. The highest BCUT2D eigenvalue weighted by molar-refractivity contribution is 9.09. The summed E-state index contributed by atoms with van der Waals surface area (Å²) in [6.07, 6.45) is 0. The van der Waals surface area contributed by atoms with Crippen LogP contribution in [0.15, 0.2) is 18.2 Å². The third kappa shape index (κ3) is 2.34. The van der Waals surface area contributed by atoms with Gasteiger partial charge in [-0.05, 0) is 34.1 Å². The van der Waals surface area contributed by atoms with E-state index >= 15 is 0 Å². The van der Waals surface area contributed by atoms with Crippen LogP contribution in [-0.2, 0) is 0 Å². The van der Waals surface area contributed by atoms with Crippen LogP contribution in [0, 0.1) is 5.82 Å². The summed E-state index contributed by atoms with van der Waals surface area (Å²) in [6.45, 7) is 0. The fourth-order valence-corrected chi connectivity index (χ4v) is 1.12. The Bertz CT molecular complexity index is 254. The van der Waals surface area contributed by atoms with Gasteiger partial charge in [0.2, 0.25) is 0 Å². The van der Waals surface area contributed by atoms with Gasteiger partial charge in [0.05, 0.1) is 5.02 Å². The standard InChI is InChI=1S/C7H5BrClFO/c8-4-11-7-2-1-5(10)3-6(7)9/h1-3H,4H2. The summed E-state index contributed by atoms with van der Waals surface area (Å²) in [5, 5.41) is 0.282. The molecule has 1 aromatic carbocycles. The minimum Gasteiger partial charge on any atom is -0.481 e. The Balaban J connectivity index is 2.90. The van der Waals surface area contributed by atoms with Gasteiger partial charge in [-0.3, -0.25) is 0 Å². The maximum atomic E-state index is 12.4. The van der Waals surface area contributed by atoms with E-state index in [0.717, 1.165) is 0 Å². The average molecular weight is 239 g/mol. The molecule has 0 radical (unpaired) electrons.